The Morgan fingerprint density at radius 1 is 1.56 bits per heavy atom. The summed E-state index contributed by atoms with van der Waals surface area (Å²) >= 11 is 5.05. The van der Waals surface area contributed by atoms with E-state index < -0.39 is 5.60 Å². The summed E-state index contributed by atoms with van der Waals surface area (Å²) in [4.78, 5) is 0. The van der Waals surface area contributed by atoms with Gasteiger partial charge in [0.15, 0.2) is 0 Å². The maximum atomic E-state index is 10.00. The largest absolute Gasteiger partial charge is 0.399 e. The molecule has 1 aromatic rings. The van der Waals surface area contributed by atoms with Crippen molar-refractivity contribution in [3.05, 3.63) is 22.7 Å². The Bertz CT molecular complexity index is 358. The van der Waals surface area contributed by atoms with Crippen molar-refractivity contribution in [2.24, 2.45) is 0 Å². The molecule has 3 nitrogen and oxygen atoms in total. The van der Waals surface area contributed by atoms with Crippen LogP contribution in [0, 0.1) is 0 Å². The standard InChI is InChI=1S/C11H17BrN2OS/c1-11(15,7-16-2)6-14-10-4-3-8(13)5-9(10)12/h3-5,14-15H,6-7,13H2,1-2H3. The molecular weight excluding hydrogens is 288 g/mol. The van der Waals surface area contributed by atoms with Crippen LogP contribution in [0.2, 0.25) is 0 Å². The van der Waals surface area contributed by atoms with Crippen LogP contribution in [0.3, 0.4) is 0 Å². The lowest BCUT2D eigenvalue weighted by molar-refractivity contribution is 0.0997. The molecule has 1 aromatic carbocycles. The van der Waals surface area contributed by atoms with Gasteiger partial charge in [-0.25, -0.2) is 0 Å². The van der Waals surface area contributed by atoms with Gasteiger partial charge in [0.25, 0.3) is 0 Å². The van der Waals surface area contributed by atoms with Gasteiger partial charge in [0.1, 0.15) is 0 Å². The third-order valence-corrected chi connectivity index (χ3v) is 3.67. The summed E-state index contributed by atoms with van der Waals surface area (Å²) < 4.78 is 0.910. The van der Waals surface area contributed by atoms with Crippen LogP contribution in [-0.4, -0.2) is 29.3 Å². The molecule has 0 heterocycles. The number of aliphatic hydroxyl groups is 1. The van der Waals surface area contributed by atoms with Gasteiger partial charge >= 0.3 is 0 Å². The van der Waals surface area contributed by atoms with Gasteiger partial charge in [0.2, 0.25) is 0 Å². The zero-order valence-corrected chi connectivity index (χ0v) is 11.9. The van der Waals surface area contributed by atoms with E-state index in [9.17, 15) is 5.11 Å². The molecule has 1 rings (SSSR count). The van der Waals surface area contributed by atoms with Crippen LogP contribution in [0.15, 0.2) is 22.7 Å². The molecule has 90 valence electrons. The third-order valence-electron chi connectivity index (χ3n) is 2.11. The molecule has 0 bridgehead atoms. The average molecular weight is 305 g/mol. The Labute approximate surface area is 109 Å². The molecule has 0 fully saturated rings. The average Bonchev–Trinajstić information content (AvgIpc) is 2.16. The topological polar surface area (TPSA) is 58.3 Å². The maximum Gasteiger partial charge on any atom is 0.0880 e. The second kappa shape index (κ2) is 5.80. The number of rotatable bonds is 5. The minimum absolute atomic E-state index is 0.510. The van der Waals surface area contributed by atoms with E-state index in [4.69, 9.17) is 5.73 Å². The smallest absolute Gasteiger partial charge is 0.0880 e. The number of halogens is 1. The summed E-state index contributed by atoms with van der Waals surface area (Å²) in [6.45, 7) is 2.33. The van der Waals surface area contributed by atoms with Crippen molar-refractivity contribution in [2.75, 3.05) is 29.6 Å². The molecule has 0 aliphatic heterocycles. The van der Waals surface area contributed by atoms with E-state index in [1.165, 1.54) is 0 Å². The number of anilines is 2. The Morgan fingerprint density at radius 2 is 2.25 bits per heavy atom. The summed E-state index contributed by atoms with van der Waals surface area (Å²) in [6.07, 6.45) is 1.98. The second-order valence-electron chi connectivity index (χ2n) is 4.02. The molecule has 0 aromatic heterocycles. The Balaban J connectivity index is 2.61. The van der Waals surface area contributed by atoms with E-state index in [0.29, 0.717) is 18.0 Å². The van der Waals surface area contributed by atoms with Crippen LogP contribution in [0.1, 0.15) is 6.92 Å². The fourth-order valence-corrected chi connectivity index (χ4v) is 2.58. The first-order valence-electron chi connectivity index (χ1n) is 4.95. The van der Waals surface area contributed by atoms with E-state index in [1.807, 2.05) is 31.4 Å². The zero-order chi connectivity index (χ0) is 12.2. The molecule has 0 radical (unpaired) electrons. The zero-order valence-electron chi connectivity index (χ0n) is 9.46. The predicted molar refractivity (Wildman–Crippen MR) is 76.0 cm³/mol. The number of nitrogens with two attached hydrogens (primary N) is 1. The molecule has 0 aliphatic carbocycles. The highest BCUT2D eigenvalue weighted by atomic mass is 79.9. The minimum atomic E-state index is -0.708. The van der Waals surface area contributed by atoms with E-state index in [-0.39, 0.29) is 0 Å². The number of thioether (sulfide) groups is 1. The van der Waals surface area contributed by atoms with E-state index in [1.54, 1.807) is 11.8 Å². The van der Waals surface area contributed by atoms with E-state index in [0.717, 1.165) is 10.2 Å². The van der Waals surface area contributed by atoms with Crippen molar-refractivity contribution in [1.82, 2.24) is 0 Å². The van der Waals surface area contributed by atoms with Gasteiger partial charge in [-0.05, 0) is 47.3 Å². The van der Waals surface area contributed by atoms with Crippen molar-refractivity contribution >= 4 is 39.1 Å². The van der Waals surface area contributed by atoms with Gasteiger partial charge in [0.05, 0.1) is 5.60 Å². The molecular formula is C11H17BrN2OS. The van der Waals surface area contributed by atoms with Gasteiger partial charge in [-0.2, -0.15) is 11.8 Å². The van der Waals surface area contributed by atoms with Crippen molar-refractivity contribution in [3.63, 3.8) is 0 Å². The minimum Gasteiger partial charge on any atom is -0.399 e. The summed E-state index contributed by atoms with van der Waals surface area (Å²) in [5.41, 5.74) is 6.59. The van der Waals surface area contributed by atoms with Crippen molar-refractivity contribution < 1.29 is 5.11 Å². The van der Waals surface area contributed by atoms with Gasteiger partial charge in [-0.15, -0.1) is 0 Å². The van der Waals surface area contributed by atoms with Crippen LogP contribution in [0.5, 0.6) is 0 Å². The van der Waals surface area contributed by atoms with Crippen LogP contribution in [0.4, 0.5) is 11.4 Å². The maximum absolute atomic E-state index is 10.00. The SMILES string of the molecule is CSCC(C)(O)CNc1ccc(N)cc1Br. The lowest BCUT2D eigenvalue weighted by Gasteiger charge is -2.23. The quantitative estimate of drug-likeness (QED) is 0.732. The van der Waals surface area contributed by atoms with E-state index >= 15 is 0 Å². The second-order valence-corrected chi connectivity index (χ2v) is 5.74. The van der Waals surface area contributed by atoms with Crippen LogP contribution >= 0.6 is 27.7 Å². The first kappa shape index (κ1) is 13.7. The molecule has 1 unspecified atom stereocenters. The van der Waals surface area contributed by atoms with Gasteiger partial charge in [-0.3, -0.25) is 0 Å². The van der Waals surface area contributed by atoms with Crippen molar-refractivity contribution in [1.29, 1.82) is 0 Å². The number of nitrogen functional groups attached to an aromatic ring is 1. The normalized spacial score (nSPS) is 14.5. The highest BCUT2D eigenvalue weighted by molar-refractivity contribution is 9.10. The molecule has 0 saturated heterocycles. The predicted octanol–water partition coefficient (Wildman–Crippen LogP) is 2.56. The molecule has 0 saturated carbocycles. The van der Waals surface area contributed by atoms with Gasteiger partial charge < -0.3 is 16.2 Å². The molecule has 5 heteroatoms. The Kier molecular flexibility index (Phi) is 4.95. The summed E-state index contributed by atoms with van der Waals surface area (Å²) in [5.74, 6) is 0.701. The van der Waals surface area contributed by atoms with Crippen LogP contribution in [0.25, 0.3) is 0 Å². The van der Waals surface area contributed by atoms with E-state index in [2.05, 4.69) is 21.2 Å². The lowest BCUT2D eigenvalue weighted by Crippen LogP contribution is -2.36. The monoisotopic (exact) mass is 304 g/mol. The molecule has 0 amide bonds. The highest BCUT2D eigenvalue weighted by Crippen LogP contribution is 2.25. The van der Waals surface area contributed by atoms with Crippen molar-refractivity contribution in [3.8, 4) is 0 Å². The molecule has 0 spiro atoms. The lowest BCUT2D eigenvalue weighted by atomic mass is 10.1. The van der Waals surface area contributed by atoms with Crippen molar-refractivity contribution in [2.45, 2.75) is 12.5 Å². The first-order chi connectivity index (χ1) is 7.44. The summed E-state index contributed by atoms with van der Waals surface area (Å²) in [5, 5.41) is 13.2. The first-order valence-corrected chi connectivity index (χ1v) is 7.13. The number of hydrogen-bond acceptors (Lipinski definition) is 4. The molecule has 1 atom stereocenters. The number of benzene rings is 1. The molecule has 0 aliphatic rings. The Morgan fingerprint density at radius 3 is 2.81 bits per heavy atom. The molecule has 4 N–H and O–H groups in total. The van der Waals surface area contributed by atoms with Gasteiger partial charge in [-0.1, -0.05) is 0 Å². The number of nitrogens with one attached hydrogen (secondary N) is 1. The Hall–Kier alpha value is -0.390. The molecule has 16 heavy (non-hydrogen) atoms. The van der Waals surface area contributed by atoms with Crippen LogP contribution in [-0.2, 0) is 0 Å². The fraction of sp³-hybridized carbons (Fsp3) is 0.455. The number of hydrogen-bond donors (Lipinski definition) is 3. The third kappa shape index (κ3) is 4.23. The highest BCUT2D eigenvalue weighted by Gasteiger charge is 2.19. The summed E-state index contributed by atoms with van der Waals surface area (Å²) in [7, 11) is 0. The summed E-state index contributed by atoms with van der Waals surface area (Å²) in [6, 6.07) is 5.57. The fourth-order valence-electron chi connectivity index (χ4n) is 1.32. The van der Waals surface area contributed by atoms with Crippen LogP contribution < -0.4 is 11.1 Å². The van der Waals surface area contributed by atoms with Gasteiger partial charge in [0, 0.05) is 28.1 Å².